The van der Waals surface area contributed by atoms with Crippen molar-refractivity contribution in [3.8, 4) is 6.07 Å². The Kier molecular flexibility index (Phi) is 4.97. The van der Waals surface area contributed by atoms with E-state index in [9.17, 15) is 10.1 Å². The zero-order valence-electron chi connectivity index (χ0n) is 13.6. The van der Waals surface area contributed by atoms with E-state index >= 15 is 0 Å². The third-order valence-corrected chi connectivity index (χ3v) is 4.84. The SMILES string of the molecule is CCCN1CC(Nc2c(C#N)cccc2Cc2cccs2)=CC1=O. The molecule has 122 valence electrons. The molecular formula is C19H19N3OS. The van der Waals surface area contributed by atoms with Gasteiger partial charge in [0.2, 0.25) is 5.91 Å². The Morgan fingerprint density at radius 3 is 2.92 bits per heavy atom. The van der Waals surface area contributed by atoms with Gasteiger partial charge in [-0.3, -0.25) is 4.79 Å². The van der Waals surface area contributed by atoms with E-state index < -0.39 is 0 Å². The number of carbonyl (C=O) groups excluding carboxylic acids is 1. The topological polar surface area (TPSA) is 56.1 Å². The van der Waals surface area contributed by atoms with Crippen molar-refractivity contribution in [2.24, 2.45) is 0 Å². The zero-order chi connectivity index (χ0) is 16.9. The number of thiophene rings is 1. The van der Waals surface area contributed by atoms with Crippen molar-refractivity contribution in [1.29, 1.82) is 5.26 Å². The summed E-state index contributed by atoms with van der Waals surface area (Å²) in [5.41, 5.74) is 3.33. The summed E-state index contributed by atoms with van der Waals surface area (Å²) in [4.78, 5) is 15.1. The molecule has 0 radical (unpaired) electrons. The second kappa shape index (κ2) is 7.33. The summed E-state index contributed by atoms with van der Waals surface area (Å²) < 4.78 is 0. The molecule has 24 heavy (non-hydrogen) atoms. The third-order valence-electron chi connectivity index (χ3n) is 3.97. The number of nitriles is 1. The summed E-state index contributed by atoms with van der Waals surface area (Å²) in [6, 6.07) is 12.1. The van der Waals surface area contributed by atoms with Gasteiger partial charge in [0.25, 0.3) is 0 Å². The number of benzene rings is 1. The monoisotopic (exact) mass is 337 g/mol. The number of rotatable bonds is 6. The summed E-state index contributed by atoms with van der Waals surface area (Å²) in [6.07, 6.45) is 3.35. The Morgan fingerprint density at radius 1 is 1.33 bits per heavy atom. The minimum absolute atomic E-state index is 0.0357. The van der Waals surface area contributed by atoms with Crippen molar-refractivity contribution in [2.75, 3.05) is 18.4 Å². The van der Waals surface area contributed by atoms with Gasteiger partial charge in [-0.2, -0.15) is 5.26 Å². The molecule has 0 unspecified atom stereocenters. The molecule has 1 aromatic heterocycles. The maximum Gasteiger partial charge on any atom is 0.248 e. The lowest BCUT2D eigenvalue weighted by atomic mass is 10.0. The number of nitrogens with zero attached hydrogens (tertiary/aromatic N) is 2. The van der Waals surface area contributed by atoms with Crippen molar-refractivity contribution in [3.05, 3.63) is 63.5 Å². The first-order valence-electron chi connectivity index (χ1n) is 8.02. The minimum atomic E-state index is 0.0357. The average molecular weight is 337 g/mol. The van der Waals surface area contributed by atoms with E-state index in [0.29, 0.717) is 12.1 Å². The molecule has 4 nitrogen and oxygen atoms in total. The molecule has 0 spiro atoms. The van der Waals surface area contributed by atoms with Gasteiger partial charge in [0.05, 0.1) is 17.8 Å². The summed E-state index contributed by atoms with van der Waals surface area (Å²) in [5, 5.41) is 14.8. The van der Waals surface area contributed by atoms with E-state index in [-0.39, 0.29) is 5.91 Å². The summed E-state index contributed by atoms with van der Waals surface area (Å²) in [6.45, 7) is 3.39. The van der Waals surface area contributed by atoms with Crippen molar-refractivity contribution < 1.29 is 4.79 Å². The van der Waals surface area contributed by atoms with Gasteiger partial charge in [-0.25, -0.2) is 0 Å². The van der Waals surface area contributed by atoms with Crippen LogP contribution in [0.5, 0.6) is 0 Å². The second-order valence-corrected chi connectivity index (χ2v) is 6.79. The van der Waals surface area contributed by atoms with Gasteiger partial charge in [-0.1, -0.05) is 25.1 Å². The molecule has 1 aliphatic heterocycles. The highest BCUT2D eigenvalue weighted by Crippen LogP contribution is 2.27. The Hall–Kier alpha value is -2.58. The van der Waals surface area contributed by atoms with Crippen LogP contribution in [0.4, 0.5) is 5.69 Å². The quantitative estimate of drug-likeness (QED) is 0.873. The molecule has 3 rings (SSSR count). The highest BCUT2D eigenvalue weighted by atomic mass is 32.1. The maximum atomic E-state index is 12.0. The Morgan fingerprint density at radius 2 is 2.21 bits per heavy atom. The molecule has 1 N–H and O–H groups in total. The molecule has 0 fully saturated rings. The molecule has 1 aromatic carbocycles. The van der Waals surface area contributed by atoms with E-state index in [1.165, 1.54) is 4.88 Å². The Labute approximate surface area is 146 Å². The number of amides is 1. The molecule has 1 aliphatic rings. The zero-order valence-corrected chi connectivity index (χ0v) is 14.4. The van der Waals surface area contributed by atoms with E-state index in [1.807, 2.05) is 23.1 Å². The molecular weight excluding hydrogens is 318 g/mol. The second-order valence-electron chi connectivity index (χ2n) is 5.76. The van der Waals surface area contributed by atoms with Gasteiger partial charge in [0, 0.05) is 29.6 Å². The van der Waals surface area contributed by atoms with Gasteiger partial charge in [0.15, 0.2) is 0 Å². The average Bonchev–Trinajstić information content (AvgIpc) is 3.20. The van der Waals surface area contributed by atoms with E-state index in [4.69, 9.17) is 0 Å². The fourth-order valence-corrected chi connectivity index (χ4v) is 3.58. The molecule has 0 saturated carbocycles. The lowest BCUT2D eigenvalue weighted by Gasteiger charge is -2.17. The van der Waals surface area contributed by atoms with E-state index in [0.717, 1.165) is 36.3 Å². The smallest absolute Gasteiger partial charge is 0.248 e. The molecule has 2 aromatic rings. The lowest BCUT2D eigenvalue weighted by molar-refractivity contribution is -0.124. The molecule has 0 bridgehead atoms. The van der Waals surface area contributed by atoms with Crippen LogP contribution in [-0.2, 0) is 11.2 Å². The Balaban J connectivity index is 1.86. The first-order valence-corrected chi connectivity index (χ1v) is 8.90. The van der Waals surface area contributed by atoms with Gasteiger partial charge in [-0.15, -0.1) is 11.3 Å². The van der Waals surface area contributed by atoms with Crippen molar-refractivity contribution in [1.82, 2.24) is 4.90 Å². The predicted molar refractivity (Wildman–Crippen MR) is 96.9 cm³/mol. The van der Waals surface area contributed by atoms with Crippen molar-refractivity contribution in [2.45, 2.75) is 19.8 Å². The highest BCUT2D eigenvalue weighted by Gasteiger charge is 2.22. The highest BCUT2D eigenvalue weighted by molar-refractivity contribution is 7.09. The fraction of sp³-hybridized carbons (Fsp3) is 0.263. The number of carbonyl (C=O) groups is 1. The van der Waals surface area contributed by atoms with E-state index in [2.05, 4.69) is 29.8 Å². The Bertz CT molecular complexity index is 803. The first kappa shape index (κ1) is 16.3. The number of hydrogen-bond donors (Lipinski definition) is 1. The molecule has 5 heteroatoms. The van der Waals surface area contributed by atoms with Crippen LogP contribution in [0, 0.1) is 11.3 Å². The largest absolute Gasteiger partial charge is 0.356 e. The van der Waals surface area contributed by atoms with Crippen LogP contribution in [0.15, 0.2) is 47.5 Å². The minimum Gasteiger partial charge on any atom is -0.356 e. The van der Waals surface area contributed by atoms with Gasteiger partial charge >= 0.3 is 0 Å². The first-order chi connectivity index (χ1) is 11.7. The summed E-state index contributed by atoms with van der Waals surface area (Å²) >= 11 is 1.70. The fourth-order valence-electron chi connectivity index (χ4n) is 2.85. The van der Waals surface area contributed by atoms with Crippen molar-refractivity contribution in [3.63, 3.8) is 0 Å². The van der Waals surface area contributed by atoms with Crippen LogP contribution < -0.4 is 5.32 Å². The molecule has 0 atom stereocenters. The van der Waals surface area contributed by atoms with Crippen LogP contribution in [-0.4, -0.2) is 23.9 Å². The number of para-hydroxylation sites is 1. The normalized spacial score (nSPS) is 13.8. The third kappa shape index (κ3) is 3.50. The van der Waals surface area contributed by atoms with Gasteiger partial charge in [-0.05, 0) is 29.5 Å². The van der Waals surface area contributed by atoms with E-state index in [1.54, 1.807) is 23.5 Å². The summed E-state index contributed by atoms with van der Waals surface area (Å²) in [5.74, 6) is 0.0357. The van der Waals surface area contributed by atoms with Crippen molar-refractivity contribution >= 4 is 22.9 Å². The number of anilines is 1. The standard InChI is InChI=1S/C19H19N3OS/c1-2-8-22-13-16(11-18(22)23)21-19-14(5-3-6-15(19)12-20)10-17-7-4-9-24-17/h3-7,9,11,21H,2,8,10,13H2,1H3. The predicted octanol–water partition coefficient (Wildman–Crippen LogP) is 3.76. The van der Waals surface area contributed by atoms with Gasteiger partial charge < -0.3 is 10.2 Å². The van der Waals surface area contributed by atoms with Crippen LogP contribution >= 0.6 is 11.3 Å². The molecule has 0 saturated heterocycles. The molecule has 2 heterocycles. The molecule has 1 amide bonds. The van der Waals surface area contributed by atoms with Crippen LogP contribution in [0.2, 0.25) is 0 Å². The summed E-state index contributed by atoms with van der Waals surface area (Å²) in [7, 11) is 0. The number of nitrogens with one attached hydrogen (secondary N) is 1. The maximum absolute atomic E-state index is 12.0. The van der Waals surface area contributed by atoms with Crippen LogP contribution in [0.25, 0.3) is 0 Å². The number of hydrogen-bond acceptors (Lipinski definition) is 4. The van der Waals surface area contributed by atoms with Crippen LogP contribution in [0.3, 0.4) is 0 Å². The lowest BCUT2D eigenvalue weighted by Crippen LogP contribution is -2.27. The van der Waals surface area contributed by atoms with Crippen LogP contribution in [0.1, 0.15) is 29.3 Å². The molecule has 0 aliphatic carbocycles. The van der Waals surface area contributed by atoms with Gasteiger partial charge in [0.1, 0.15) is 6.07 Å².